The molecule has 0 aromatic carbocycles. The lowest BCUT2D eigenvalue weighted by atomic mass is 9.82. The number of hydrogen-bond acceptors (Lipinski definition) is 3. The second-order valence-corrected chi connectivity index (χ2v) is 6.57. The van der Waals surface area contributed by atoms with Crippen LogP contribution in [0, 0.1) is 18.8 Å². The number of imidazole rings is 1. The molecule has 3 aromatic rings. The molecule has 2 N–H and O–H groups in total. The molecule has 4 rings (SSSR count). The van der Waals surface area contributed by atoms with Gasteiger partial charge < -0.3 is 14.7 Å². The number of nitrogens with one attached hydrogen (secondary N) is 1. The zero-order valence-corrected chi connectivity index (χ0v) is 12.9. The quantitative estimate of drug-likeness (QED) is 0.781. The number of aromatic nitrogens is 4. The van der Waals surface area contributed by atoms with Gasteiger partial charge in [0, 0.05) is 24.7 Å². The minimum absolute atomic E-state index is 0.343. The van der Waals surface area contributed by atoms with Gasteiger partial charge in [-0.3, -0.25) is 0 Å². The second-order valence-electron chi connectivity index (χ2n) is 6.57. The van der Waals surface area contributed by atoms with Crippen molar-refractivity contribution in [3.8, 4) is 0 Å². The van der Waals surface area contributed by atoms with E-state index in [-0.39, 0.29) is 0 Å². The third kappa shape index (κ3) is 2.20. The molecule has 0 bridgehead atoms. The van der Waals surface area contributed by atoms with Crippen LogP contribution in [0.4, 0.5) is 0 Å². The van der Waals surface area contributed by atoms with Crippen molar-refractivity contribution in [3.63, 3.8) is 0 Å². The molecule has 1 saturated carbocycles. The first-order chi connectivity index (χ1) is 10.8. The summed E-state index contributed by atoms with van der Waals surface area (Å²) < 4.78 is 2.36. The average Bonchev–Trinajstić information content (AvgIpc) is 3.12. The molecule has 5 heteroatoms. The first kappa shape index (κ1) is 13.8. The Morgan fingerprint density at radius 1 is 1.27 bits per heavy atom. The molecule has 0 atom stereocenters. The van der Waals surface area contributed by atoms with Crippen LogP contribution in [0.15, 0.2) is 18.5 Å². The van der Waals surface area contributed by atoms with E-state index in [1.807, 2.05) is 12.4 Å². The lowest BCUT2D eigenvalue weighted by Gasteiger charge is -2.28. The molecule has 116 valence electrons. The molecule has 3 heterocycles. The van der Waals surface area contributed by atoms with Gasteiger partial charge in [0.2, 0.25) is 0 Å². The molecule has 1 fully saturated rings. The van der Waals surface area contributed by atoms with E-state index in [0.29, 0.717) is 18.4 Å². The average molecular weight is 298 g/mol. The molecule has 1 aliphatic carbocycles. The summed E-state index contributed by atoms with van der Waals surface area (Å²) in [6.45, 7) is 3.44. The minimum Gasteiger partial charge on any atom is -0.396 e. The third-order valence-electron chi connectivity index (χ3n) is 5.15. The monoisotopic (exact) mass is 298 g/mol. The van der Waals surface area contributed by atoms with Gasteiger partial charge in [0.15, 0.2) is 0 Å². The summed E-state index contributed by atoms with van der Waals surface area (Å²) in [6.07, 6.45) is 8.50. The van der Waals surface area contributed by atoms with Crippen LogP contribution >= 0.6 is 0 Å². The van der Waals surface area contributed by atoms with Gasteiger partial charge >= 0.3 is 0 Å². The zero-order valence-electron chi connectivity index (χ0n) is 12.9. The van der Waals surface area contributed by atoms with Gasteiger partial charge in [-0.25, -0.2) is 9.97 Å². The van der Waals surface area contributed by atoms with E-state index in [4.69, 9.17) is 0 Å². The summed E-state index contributed by atoms with van der Waals surface area (Å²) in [5.41, 5.74) is 3.11. The highest BCUT2D eigenvalue weighted by molar-refractivity contribution is 6.01. The summed E-state index contributed by atoms with van der Waals surface area (Å²) in [5.74, 6) is 2.26. The van der Waals surface area contributed by atoms with Crippen LogP contribution in [-0.4, -0.2) is 31.2 Å². The van der Waals surface area contributed by atoms with Crippen molar-refractivity contribution in [2.75, 3.05) is 6.61 Å². The van der Waals surface area contributed by atoms with Gasteiger partial charge in [0.05, 0.1) is 11.7 Å². The Morgan fingerprint density at radius 3 is 2.82 bits per heavy atom. The number of aromatic amines is 1. The van der Waals surface area contributed by atoms with Crippen LogP contribution in [0.3, 0.4) is 0 Å². The molecule has 0 radical (unpaired) electrons. The summed E-state index contributed by atoms with van der Waals surface area (Å²) >= 11 is 0. The van der Waals surface area contributed by atoms with Crippen LogP contribution in [0.1, 0.15) is 31.5 Å². The number of fused-ring (bicyclic) bond motifs is 3. The van der Waals surface area contributed by atoms with Gasteiger partial charge in [0.25, 0.3) is 0 Å². The van der Waals surface area contributed by atoms with Gasteiger partial charge in [0.1, 0.15) is 17.0 Å². The molecule has 22 heavy (non-hydrogen) atoms. The maximum atomic E-state index is 9.29. The van der Waals surface area contributed by atoms with E-state index >= 15 is 0 Å². The van der Waals surface area contributed by atoms with Gasteiger partial charge in [-0.15, -0.1) is 0 Å². The highest BCUT2D eigenvalue weighted by Crippen LogP contribution is 2.32. The molecule has 0 spiro atoms. The number of aliphatic hydroxyl groups is 1. The first-order valence-corrected chi connectivity index (χ1v) is 8.16. The Labute approximate surface area is 129 Å². The second kappa shape index (κ2) is 5.39. The standard InChI is InChI=1S/C17H22N4O/c1-11-20-15-8-19-17-14(6-7-18-17)16(15)21(11)9-12-2-4-13(10-22)5-3-12/h6-8,12-13,22H,2-5,9-10H2,1H3,(H,18,19). The molecule has 0 aliphatic heterocycles. The van der Waals surface area contributed by atoms with E-state index in [0.717, 1.165) is 41.8 Å². The van der Waals surface area contributed by atoms with Crippen LogP contribution in [0.2, 0.25) is 0 Å². The van der Waals surface area contributed by atoms with Crippen molar-refractivity contribution < 1.29 is 5.11 Å². The molecule has 5 nitrogen and oxygen atoms in total. The minimum atomic E-state index is 0.343. The Morgan fingerprint density at radius 2 is 2.05 bits per heavy atom. The molecule has 0 amide bonds. The summed E-state index contributed by atoms with van der Waals surface area (Å²) in [4.78, 5) is 12.3. The maximum absolute atomic E-state index is 9.29. The van der Waals surface area contributed by atoms with Gasteiger partial charge in [-0.1, -0.05) is 0 Å². The summed E-state index contributed by atoms with van der Waals surface area (Å²) in [6, 6.07) is 2.09. The molecular weight excluding hydrogens is 276 g/mol. The number of aryl methyl sites for hydroxylation is 1. The van der Waals surface area contributed by atoms with Gasteiger partial charge in [-0.05, 0) is 50.5 Å². The Kier molecular flexibility index (Phi) is 3.37. The number of H-pyrrole nitrogens is 1. The van der Waals surface area contributed by atoms with Crippen molar-refractivity contribution in [1.82, 2.24) is 19.5 Å². The number of hydrogen-bond donors (Lipinski definition) is 2. The van der Waals surface area contributed by atoms with Crippen molar-refractivity contribution in [2.24, 2.45) is 11.8 Å². The Bertz CT molecular complexity index is 796. The van der Waals surface area contributed by atoms with Gasteiger partial charge in [-0.2, -0.15) is 0 Å². The maximum Gasteiger partial charge on any atom is 0.139 e. The highest BCUT2D eigenvalue weighted by atomic mass is 16.3. The number of pyridine rings is 1. The number of nitrogens with zero attached hydrogens (tertiary/aromatic N) is 3. The normalized spacial score (nSPS) is 22.6. The molecular formula is C17H22N4O. The lowest BCUT2D eigenvalue weighted by molar-refractivity contribution is 0.161. The van der Waals surface area contributed by atoms with Crippen LogP contribution in [0.5, 0.6) is 0 Å². The fraction of sp³-hybridized carbons (Fsp3) is 0.529. The molecule has 0 unspecified atom stereocenters. The smallest absolute Gasteiger partial charge is 0.139 e. The third-order valence-corrected chi connectivity index (χ3v) is 5.15. The van der Waals surface area contributed by atoms with Crippen molar-refractivity contribution >= 4 is 22.1 Å². The van der Waals surface area contributed by atoms with E-state index in [9.17, 15) is 5.11 Å². The summed E-state index contributed by atoms with van der Waals surface area (Å²) in [5, 5.41) is 10.4. The van der Waals surface area contributed by atoms with E-state index in [2.05, 4.69) is 32.5 Å². The number of rotatable bonds is 3. The summed E-state index contributed by atoms with van der Waals surface area (Å²) in [7, 11) is 0. The SMILES string of the molecule is Cc1nc2cnc3[nH]ccc3c2n1CC1CCC(CO)CC1. The van der Waals surface area contributed by atoms with Crippen LogP contribution in [-0.2, 0) is 6.54 Å². The fourth-order valence-electron chi connectivity index (χ4n) is 3.82. The van der Waals surface area contributed by atoms with Crippen LogP contribution < -0.4 is 0 Å². The predicted octanol–water partition coefficient (Wildman–Crippen LogP) is 3.02. The predicted molar refractivity (Wildman–Crippen MR) is 86.7 cm³/mol. The molecule has 1 aliphatic rings. The fourth-order valence-corrected chi connectivity index (χ4v) is 3.82. The van der Waals surface area contributed by atoms with Crippen molar-refractivity contribution in [1.29, 1.82) is 0 Å². The molecule has 0 saturated heterocycles. The lowest BCUT2D eigenvalue weighted by Crippen LogP contribution is -2.21. The van der Waals surface area contributed by atoms with Crippen molar-refractivity contribution in [3.05, 3.63) is 24.3 Å². The van der Waals surface area contributed by atoms with E-state index in [1.54, 1.807) is 0 Å². The Hall–Kier alpha value is -1.88. The largest absolute Gasteiger partial charge is 0.396 e. The topological polar surface area (TPSA) is 66.7 Å². The Balaban J connectivity index is 1.69. The molecule has 3 aromatic heterocycles. The van der Waals surface area contributed by atoms with E-state index < -0.39 is 0 Å². The van der Waals surface area contributed by atoms with Crippen LogP contribution in [0.25, 0.3) is 22.1 Å². The number of aliphatic hydroxyl groups excluding tert-OH is 1. The first-order valence-electron chi connectivity index (χ1n) is 8.16. The zero-order chi connectivity index (χ0) is 15.1. The van der Waals surface area contributed by atoms with E-state index in [1.165, 1.54) is 18.4 Å². The van der Waals surface area contributed by atoms with Crippen molar-refractivity contribution in [2.45, 2.75) is 39.2 Å². The highest BCUT2D eigenvalue weighted by Gasteiger charge is 2.22.